The number of rotatable bonds is 3. The molecule has 2 heterocycles. The Morgan fingerprint density at radius 1 is 1.40 bits per heavy atom. The number of hydrogen-bond donors (Lipinski definition) is 1. The second kappa shape index (κ2) is 5.07. The Balaban J connectivity index is 2.47. The molecule has 0 spiro atoms. The zero-order valence-corrected chi connectivity index (χ0v) is 10.6. The lowest BCUT2D eigenvalue weighted by molar-refractivity contribution is -0.141. The smallest absolute Gasteiger partial charge is 0.433 e. The minimum absolute atomic E-state index is 0.124. The molecular formula is C9H6F3N5O2S. The number of tetrazole rings is 1. The first kappa shape index (κ1) is 14.2. The van der Waals surface area contributed by atoms with Crippen molar-refractivity contribution >= 4 is 17.7 Å². The normalized spacial score (nSPS) is 11.6. The van der Waals surface area contributed by atoms with E-state index in [-0.39, 0.29) is 15.7 Å². The number of nitrogens with zero attached hydrogens (tertiary/aromatic N) is 5. The largest absolute Gasteiger partial charge is 0.478 e. The van der Waals surface area contributed by atoms with Crippen LogP contribution in [-0.4, -0.2) is 36.3 Å². The maximum absolute atomic E-state index is 12.6. The van der Waals surface area contributed by atoms with Crippen LogP contribution >= 0.6 is 11.8 Å². The molecule has 0 aliphatic heterocycles. The van der Waals surface area contributed by atoms with Crippen molar-refractivity contribution in [1.82, 2.24) is 25.2 Å². The molecule has 0 saturated heterocycles. The van der Waals surface area contributed by atoms with E-state index in [1.807, 2.05) is 0 Å². The molecule has 0 aliphatic carbocycles. The van der Waals surface area contributed by atoms with Crippen LogP contribution in [0.2, 0.25) is 0 Å². The van der Waals surface area contributed by atoms with Gasteiger partial charge in [-0.15, -0.1) is 5.10 Å². The molecule has 0 aromatic carbocycles. The topological polar surface area (TPSA) is 93.8 Å². The molecule has 0 saturated carbocycles. The minimum Gasteiger partial charge on any atom is -0.478 e. The number of aryl methyl sites for hydroxylation is 1. The van der Waals surface area contributed by atoms with Gasteiger partial charge in [0.2, 0.25) is 5.16 Å². The number of carbonyl (C=O) groups is 1. The molecule has 7 nitrogen and oxygen atoms in total. The average Bonchev–Trinajstić information content (AvgIpc) is 2.73. The lowest BCUT2D eigenvalue weighted by Crippen LogP contribution is -2.11. The predicted octanol–water partition coefficient (Wildman–Crippen LogP) is 1.47. The number of carboxylic acid groups (broad SMARTS) is 1. The van der Waals surface area contributed by atoms with Crippen LogP contribution < -0.4 is 0 Å². The molecule has 2 aromatic rings. The summed E-state index contributed by atoms with van der Waals surface area (Å²) in [6, 6.07) is 1.47. The SMILES string of the molecule is Cn1nnnc1Sc1nc(C(F)(F)F)ccc1C(=O)O. The number of pyridine rings is 1. The van der Waals surface area contributed by atoms with E-state index in [9.17, 15) is 18.0 Å². The Bertz CT molecular complexity index is 657. The molecule has 0 atom stereocenters. The van der Waals surface area contributed by atoms with Crippen molar-refractivity contribution in [3.63, 3.8) is 0 Å². The maximum atomic E-state index is 12.6. The number of aromatic carboxylic acids is 1. The fourth-order valence-corrected chi connectivity index (χ4v) is 2.06. The van der Waals surface area contributed by atoms with Gasteiger partial charge < -0.3 is 5.11 Å². The number of hydrogen-bond acceptors (Lipinski definition) is 6. The molecule has 0 amide bonds. The molecule has 1 N–H and O–H groups in total. The lowest BCUT2D eigenvalue weighted by atomic mass is 10.2. The lowest BCUT2D eigenvalue weighted by Gasteiger charge is -2.09. The quantitative estimate of drug-likeness (QED) is 0.917. The van der Waals surface area contributed by atoms with Gasteiger partial charge in [0, 0.05) is 7.05 Å². The first-order chi connectivity index (χ1) is 9.29. The summed E-state index contributed by atoms with van der Waals surface area (Å²) >= 11 is 0.641. The van der Waals surface area contributed by atoms with Gasteiger partial charge in [-0.1, -0.05) is 0 Å². The highest BCUT2D eigenvalue weighted by Gasteiger charge is 2.33. The maximum Gasteiger partial charge on any atom is 0.433 e. The summed E-state index contributed by atoms with van der Waals surface area (Å²) in [6.07, 6.45) is -4.66. The van der Waals surface area contributed by atoms with Crippen LogP contribution in [0, 0.1) is 0 Å². The molecule has 0 unspecified atom stereocenters. The van der Waals surface area contributed by atoms with Crippen molar-refractivity contribution < 1.29 is 23.1 Å². The van der Waals surface area contributed by atoms with Gasteiger partial charge in [0.15, 0.2) is 0 Å². The highest BCUT2D eigenvalue weighted by Crippen LogP contribution is 2.32. The number of carboxylic acids is 1. The highest BCUT2D eigenvalue weighted by molar-refractivity contribution is 7.99. The van der Waals surface area contributed by atoms with Crippen molar-refractivity contribution in [2.45, 2.75) is 16.4 Å². The Hall–Kier alpha value is -2.17. The van der Waals surface area contributed by atoms with E-state index in [1.54, 1.807) is 0 Å². The summed E-state index contributed by atoms with van der Waals surface area (Å²) < 4.78 is 39.0. The Morgan fingerprint density at radius 3 is 2.60 bits per heavy atom. The van der Waals surface area contributed by atoms with E-state index in [2.05, 4.69) is 20.5 Å². The van der Waals surface area contributed by atoms with Crippen LogP contribution in [0.1, 0.15) is 16.1 Å². The molecule has 106 valence electrons. The Morgan fingerprint density at radius 2 is 2.10 bits per heavy atom. The van der Waals surface area contributed by atoms with E-state index < -0.39 is 17.8 Å². The highest BCUT2D eigenvalue weighted by atomic mass is 32.2. The molecule has 0 aliphatic rings. The van der Waals surface area contributed by atoms with Crippen LogP contribution in [0.3, 0.4) is 0 Å². The van der Waals surface area contributed by atoms with Gasteiger partial charge >= 0.3 is 12.1 Å². The molecule has 2 rings (SSSR count). The predicted molar refractivity (Wildman–Crippen MR) is 59.1 cm³/mol. The summed E-state index contributed by atoms with van der Waals surface area (Å²) in [5, 5.41) is 19.1. The van der Waals surface area contributed by atoms with Gasteiger partial charge in [-0.25, -0.2) is 14.5 Å². The van der Waals surface area contributed by atoms with Gasteiger partial charge in [0.25, 0.3) is 0 Å². The van der Waals surface area contributed by atoms with Gasteiger partial charge in [0.05, 0.1) is 5.56 Å². The number of alkyl halides is 3. The molecule has 20 heavy (non-hydrogen) atoms. The van der Waals surface area contributed by atoms with E-state index in [0.717, 1.165) is 6.07 Å². The van der Waals surface area contributed by atoms with Crippen LogP contribution in [-0.2, 0) is 13.2 Å². The average molecular weight is 305 g/mol. The number of aromatic nitrogens is 5. The first-order valence-corrected chi connectivity index (χ1v) is 5.82. The van der Waals surface area contributed by atoms with Crippen molar-refractivity contribution in [3.8, 4) is 0 Å². The molecule has 0 fully saturated rings. The third-order valence-corrected chi connectivity index (χ3v) is 3.18. The molecule has 2 aromatic heterocycles. The minimum atomic E-state index is -4.66. The van der Waals surface area contributed by atoms with Gasteiger partial charge in [-0.3, -0.25) is 0 Å². The van der Waals surface area contributed by atoms with Crippen molar-refractivity contribution in [1.29, 1.82) is 0 Å². The Kier molecular flexibility index (Phi) is 3.61. The third kappa shape index (κ3) is 2.87. The van der Waals surface area contributed by atoms with Gasteiger partial charge in [-0.05, 0) is 34.3 Å². The molecular weight excluding hydrogens is 299 g/mol. The summed E-state index contributed by atoms with van der Waals surface area (Å²) in [6.45, 7) is 0. The Labute approximate surface area is 113 Å². The van der Waals surface area contributed by atoms with Gasteiger partial charge in [-0.2, -0.15) is 13.2 Å². The second-order valence-electron chi connectivity index (χ2n) is 3.54. The van der Waals surface area contributed by atoms with E-state index in [1.165, 1.54) is 11.7 Å². The fraction of sp³-hybridized carbons (Fsp3) is 0.222. The monoisotopic (exact) mass is 305 g/mol. The number of halogens is 3. The van der Waals surface area contributed by atoms with Crippen LogP contribution in [0.4, 0.5) is 13.2 Å². The van der Waals surface area contributed by atoms with Crippen LogP contribution in [0.5, 0.6) is 0 Å². The van der Waals surface area contributed by atoms with Crippen molar-refractivity contribution in [2.75, 3.05) is 0 Å². The molecule has 0 bridgehead atoms. The van der Waals surface area contributed by atoms with Crippen LogP contribution in [0.15, 0.2) is 22.3 Å². The first-order valence-electron chi connectivity index (χ1n) is 5.01. The van der Waals surface area contributed by atoms with Crippen LogP contribution in [0.25, 0.3) is 0 Å². The molecule has 0 radical (unpaired) electrons. The van der Waals surface area contributed by atoms with Gasteiger partial charge in [0.1, 0.15) is 10.7 Å². The second-order valence-corrected chi connectivity index (χ2v) is 4.50. The summed E-state index contributed by atoms with van der Waals surface area (Å²) in [5.74, 6) is -1.39. The van der Waals surface area contributed by atoms with E-state index in [0.29, 0.717) is 17.8 Å². The van der Waals surface area contributed by atoms with E-state index in [4.69, 9.17) is 5.11 Å². The summed E-state index contributed by atoms with van der Waals surface area (Å²) in [7, 11) is 1.47. The zero-order valence-electron chi connectivity index (χ0n) is 9.79. The summed E-state index contributed by atoms with van der Waals surface area (Å²) in [5.41, 5.74) is -1.54. The zero-order chi connectivity index (χ0) is 14.9. The van der Waals surface area contributed by atoms with E-state index >= 15 is 0 Å². The summed E-state index contributed by atoms with van der Waals surface area (Å²) in [4.78, 5) is 14.3. The van der Waals surface area contributed by atoms with Crippen molar-refractivity contribution in [2.24, 2.45) is 7.05 Å². The van der Waals surface area contributed by atoms with Crippen molar-refractivity contribution in [3.05, 3.63) is 23.4 Å². The third-order valence-electron chi connectivity index (χ3n) is 2.15. The standard InChI is InChI=1S/C9H6F3N5O2S/c1-17-8(14-15-16-17)20-6-4(7(18)19)2-3-5(13-6)9(10,11)12/h2-3H,1H3,(H,18,19). The fourth-order valence-electron chi connectivity index (χ4n) is 1.23. The molecule has 11 heteroatoms.